The van der Waals surface area contributed by atoms with Gasteiger partial charge in [-0.25, -0.2) is 12.8 Å². The van der Waals surface area contributed by atoms with Gasteiger partial charge >= 0.3 is 0 Å². The summed E-state index contributed by atoms with van der Waals surface area (Å²) in [6.45, 7) is 4.63. The smallest absolute Gasteiger partial charge is 0.243 e. The van der Waals surface area contributed by atoms with Crippen molar-refractivity contribution in [3.63, 3.8) is 0 Å². The molecular formula is C13H20ClFN2O2S. The second-order valence-electron chi connectivity index (χ2n) is 5.68. The van der Waals surface area contributed by atoms with Crippen LogP contribution in [-0.4, -0.2) is 31.9 Å². The Morgan fingerprint density at radius 2 is 2.05 bits per heavy atom. The van der Waals surface area contributed by atoms with Gasteiger partial charge in [-0.05, 0) is 30.0 Å². The number of piperidine rings is 1. The normalized spacial score (nSPS) is 23.1. The molecule has 0 bridgehead atoms. The molecule has 1 aromatic rings. The first-order chi connectivity index (χ1) is 8.73. The number of hydrogen-bond donors (Lipinski definition) is 1. The standard InChI is InChI=1S/C13H19FN2O2S.ClH/c1-13(2)9-16(7-6-12(13)15)19(17,18)11-5-3-4-10(14)8-11;/h3-5,8,12H,6-7,9,15H2,1-2H3;1H. The zero-order valence-electron chi connectivity index (χ0n) is 11.5. The molecule has 0 spiro atoms. The van der Waals surface area contributed by atoms with E-state index < -0.39 is 15.8 Å². The first kappa shape index (κ1) is 17.4. The average molecular weight is 323 g/mol. The molecule has 0 radical (unpaired) electrons. The summed E-state index contributed by atoms with van der Waals surface area (Å²) in [6.07, 6.45) is 0.613. The van der Waals surface area contributed by atoms with Crippen LogP contribution in [0, 0.1) is 11.2 Å². The lowest BCUT2D eigenvalue weighted by molar-refractivity contribution is 0.155. The molecule has 0 amide bonds. The fraction of sp³-hybridized carbons (Fsp3) is 0.538. The Morgan fingerprint density at radius 3 is 2.60 bits per heavy atom. The predicted octanol–water partition coefficient (Wildman–Crippen LogP) is 2.00. The number of benzene rings is 1. The van der Waals surface area contributed by atoms with Crippen molar-refractivity contribution in [1.82, 2.24) is 4.31 Å². The van der Waals surface area contributed by atoms with Crippen molar-refractivity contribution in [2.75, 3.05) is 13.1 Å². The van der Waals surface area contributed by atoms with Crippen molar-refractivity contribution in [3.05, 3.63) is 30.1 Å². The molecular weight excluding hydrogens is 303 g/mol. The molecule has 0 aromatic heterocycles. The van der Waals surface area contributed by atoms with Gasteiger partial charge in [-0.1, -0.05) is 19.9 Å². The fourth-order valence-corrected chi connectivity index (χ4v) is 3.96. The number of nitrogens with two attached hydrogens (primary N) is 1. The predicted molar refractivity (Wildman–Crippen MR) is 78.8 cm³/mol. The molecule has 1 aromatic carbocycles. The summed E-state index contributed by atoms with van der Waals surface area (Å²) < 4.78 is 39.5. The van der Waals surface area contributed by atoms with Gasteiger partial charge < -0.3 is 5.73 Å². The van der Waals surface area contributed by atoms with Gasteiger partial charge in [0.15, 0.2) is 0 Å². The van der Waals surface area contributed by atoms with Gasteiger partial charge in [-0.3, -0.25) is 0 Å². The van der Waals surface area contributed by atoms with Crippen molar-refractivity contribution < 1.29 is 12.8 Å². The van der Waals surface area contributed by atoms with E-state index in [0.717, 1.165) is 6.07 Å². The Hall–Kier alpha value is -0.690. The maximum atomic E-state index is 13.2. The summed E-state index contributed by atoms with van der Waals surface area (Å²) in [5, 5.41) is 0. The van der Waals surface area contributed by atoms with Crippen LogP contribution in [0.4, 0.5) is 4.39 Å². The summed E-state index contributed by atoms with van der Waals surface area (Å²) in [5.74, 6) is -0.547. The number of hydrogen-bond acceptors (Lipinski definition) is 3. The SMILES string of the molecule is CC1(C)CN(S(=O)(=O)c2cccc(F)c2)CCC1N.Cl. The number of rotatable bonds is 2. The maximum absolute atomic E-state index is 13.2. The van der Waals surface area contributed by atoms with Gasteiger partial charge in [0.2, 0.25) is 10.0 Å². The lowest BCUT2D eigenvalue weighted by Gasteiger charge is -2.41. The van der Waals surface area contributed by atoms with E-state index in [1.807, 2.05) is 13.8 Å². The molecule has 4 nitrogen and oxygen atoms in total. The minimum atomic E-state index is -3.64. The summed E-state index contributed by atoms with van der Waals surface area (Å²) in [6, 6.07) is 5.08. The first-order valence-electron chi connectivity index (χ1n) is 6.25. The van der Waals surface area contributed by atoms with Crippen LogP contribution in [0.2, 0.25) is 0 Å². The number of sulfonamides is 1. The van der Waals surface area contributed by atoms with Crippen molar-refractivity contribution in [2.45, 2.75) is 31.2 Å². The molecule has 1 unspecified atom stereocenters. The van der Waals surface area contributed by atoms with Crippen LogP contribution in [0.3, 0.4) is 0 Å². The van der Waals surface area contributed by atoms with Gasteiger partial charge in [-0.15, -0.1) is 12.4 Å². The van der Waals surface area contributed by atoms with E-state index in [0.29, 0.717) is 19.5 Å². The van der Waals surface area contributed by atoms with Gasteiger partial charge in [0.05, 0.1) is 4.90 Å². The van der Waals surface area contributed by atoms with Gasteiger partial charge in [0.25, 0.3) is 0 Å². The highest BCUT2D eigenvalue weighted by molar-refractivity contribution is 7.89. The zero-order valence-corrected chi connectivity index (χ0v) is 13.2. The van der Waals surface area contributed by atoms with Crippen molar-refractivity contribution in [3.8, 4) is 0 Å². The van der Waals surface area contributed by atoms with Gasteiger partial charge in [0.1, 0.15) is 5.82 Å². The molecule has 1 fully saturated rings. The minimum Gasteiger partial charge on any atom is -0.327 e. The molecule has 0 aliphatic carbocycles. The quantitative estimate of drug-likeness (QED) is 0.905. The molecule has 0 saturated carbocycles. The summed E-state index contributed by atoms with van der Waals surface area (Å²) >= 11 is 0. The molecule has 2 rings (SSSR count). The highest BCUT2D eigenvalue weighted by atomic mass is 35.5. The van der Waals surface area contributed by atoms with Crippen molar-refractivity contribution >= 4 is 22.4 Å². The minimum absolute atomic E-state index is 0. The Kier molecular flexibility index (Phi) is 5.18. The molecule has 1 atom stereocenters. The van der Waals surface area contributed by atoms with E-state index in [1.165, 1.54) is 22.5 Å². The van der Waals surface area contributed by atoms with Gasteiger partial charge in [0, 0.05) is 19.1 Å². The molecule has 1 aliphatic heterocycles. The number of halogens is 2. The van der Waals surface area contributed by atoms with Crippen molar-refractivity contribution in [1.29, 1.82) is 0 Å². The van der Waals surface area contributed by atoms with Crippen LogP contribution in [0.25, 0.3) is 0 Å². The molecule has 7 heteroatoms. The van der Waals surface area contributed by atoms with Crippen molar-refractivity contribution in [2.24, 2.45) is 11.1 Å². The maximum Gasteiger partial charge on any atom is 0.243 e. The Labute approximate surface area is 125 Å². The highest BCUT2D eigenvalue weighted by Gasteiger charge is 2.38. The molecule has 2 N–H and O–H groups in total. The molecule has 20 heavy (non-hydrogen) atoms. The second kappa shape index (κ2) is 5.97. The van der Waals surface area contributed by atoms with Crippen LogP contribution in [0.15, 0.2) is 29.2 Å². The van der Waals surface area contributed by atoms with Crippen LogP contribution in [0.1, 0.15) is 20.3 Å². The molecule has 114 valence electrons. The van der Waals surface area contributed by atoms with E-state index in [2.05, 4.69) is 0 Å². The third-order valence-electron chi connectivity index (χ3n) is 3.71. The van der Waals surface area contributed by atoms with E-state index in [-0.39, 0.29) is 28.8 Å². The van der Waals surface area contributed by atoms with E-state index in [9.17, 15) is 12.8 Å². The third kappa shape index (κ3) is 3.31. The largest absolute Gasteiger partial charge is 0.327 e. The van der Waals surface area contributed by atoms with Crippen LogP contribution < -0.4 is 5.73 Å². The average Bonchev–Trinajstić information content (AvgIpc) is 2.32. The molecule has 1 saturated heterocycles. The molecule has 1 aliphatic rings. The zero-order chi connectivity index (χ0) is 14.3. The Bertz CT molecular complexity index is 577. The lowest BCUT2D eigenvalue weighted by atomic mass is 9.81. The lowest BCUT2D eigenvalue weighted by Crippen LogP contribution is -2.53. The Morgan fingerprint density at radius 1 is 1.40 bits per heavy atom. The van der Waals surface area contributed by atoms with Crippen LogP contribution in [-0.2, 0) is 10.0 Å². The van der Waals surface area contributed by atoms with E-state index in [4.69, 9.17) is 5.73 Å². The van der Waals surface area contributed by atoms with Crippen LogP contribution >= 0.6 is 12.4 Å². The summed E-state index contributed by atoms with van der Waals surface area (Å²) in [4.78, 5) is -0.00114. The van der Waals surface area contributed by atoms with Gasteiger partial charge in [-0.2, -0.15) is 4.31 Å². The number of nitrogens with zero attached hydrogens (tertiary/aromatic N) is 1. The first-order valence-corrected chi connectivity index (χ1v) is 7.69. The molecule has 1 heterocycles. The summed E-state index contributed by atoms with van der Waals surface area (Å²) in [7, 11) is -3.64. The highest BCUT2D eigenvalue weighted by Crippen LogP contribution is 2.31. The summed E-state index contributed by atoms with van der Waals surface area (Å²) in [5.41, 5.74) is 5.72. The monoisotopic (exact) mass is 322 g/mol. The third-order valence-corrected chi connectivity index (χ3v) is 5.55. The second-order valence-corrected chi connectivity index (χ2v) is 7.62. The van der Waals surface area contributed by atoms with E-state index >= 15 is 0 Å². The fourth-order valence-electron chi connectivity index (χ4n) is 2.31. The van der Waals surface area contributed by atoms with Crippen LogP contribution in [0.5, 0.6) is 0 Å². The topological polar surface area (TPSA) is 63.4 Å². The Balaban J connectivity index is 0.00000200. The van der Waals surface area contributed by atoms with E-state index in [1.54, 1.807) is 0 Å².